The van der Waals surface area contributed by atoms with E-state index in [0.717, 1.165) is 10.6 Å². The highest BCUT2D eigenvalue weighted by Crippen LogP contribution is 2.20. The summed E-state index contributed by atoms with van der Waals surface area (Å²) in [5.74, 6) is 1.58. The Morgan fingerprint density at radius 1 is 1.45 bits per heavy atom. The number of carboxylic acids is 1. The van der Waals surface area contributed by atoms with Crippen LogP contribution in [0.3, 0.4) is 0 Å². The fourth-order valence-corrected chi connectivity index (χ4v) is 2.08. The number of carbonyl (C=O) groups is 2. The van der Waals surface area contributed by atoms with Crippen molar-refractivity contribution < 1.29 is 19.4 Å². The van der Waals surface area contributed by atoms with E-state index in [1.807, 2.05) is 12.1 Å². The zero-order chi connectivity index (χ0) is 15.0. The molecule has 5 nitrogen and oxygen atoms in total. The topological polar surface area (TPSA) is 75.6 Å². The molecular formula is C14H15NO4S. The molecule has 0 aliphatic heterocycles. The summed E-state index contributed by atoms with van der Waals surface area (Å²) in [6.45, 7) is 0. The smallest absolute Gasteiger partial charge is 0.327 e. The zero-order valence-electron chi connectivity index (χ0n) is 11.0. The van der Waals surface area contributed by atoms with E-state index in [2.05, 4.69) is 11.2 Å². The zero-order valence-corrected chi connectivity index (χ0v) is 11.8. The lowest BCUT2D eigenvalue weighted by Gasteiger charge is -2.11. The van der Waals surface area contributed by atoms with Gasteiger partial charge in [-0.1, -0.05) is 0 Å². The molecule has 0 saturated carbocycles. The highest BCUT2D eigenvalue weighted by Gasteiger charge is 2.18. The Morgan fingerprint density at radius 3 is 2.60 bits per heavy atom. The summed E-state index contributed by atoms with van der Waals surface area (Å²) >= 11 is 1.31. The van der Waals surface area contributed by atoms with Gasteiger partial charge in [0.2, 0.25) is 5.91 Å². The van der Waals surface area contributed by atoms with Crippen LogP contribution in [0.4, 0.5) is 0 Å². The van der Waals surface area contributed by atoms with Gasteiger partial charge in [-0.25, -0.2) is 4.79 Å². The van der Waals surface area contributed by atoms with Crippen LogP contribution >= 0.6 is 11.8 Å². The molecule has 0 aliphatic rings. The summed E-state index contributed by atoms with van der Waals surface area (Å²) in [5.41, 5.74) is 0. The van der Waals surface area contributed by atoms with Gasteiger partial charge >= 0.3 is 5.97 Å². The highest BCUT2D eigenvalue weighted by molar-refractivity contribution is 8.00. The Balaban J connectivity index is 2.46. The number of amides is 1. The molecule has 20 heavy (non-hydrogen) atoms. The molecule has 1 atom stereocenters. The van der Waals surface area contributed by atoms with E-state index in [4.69, 9.17) is 16.3 Å². The van der Waals surface area contributed by atoms with Gasteiger partial charge in [0.15, 0.2) is 0 Å². The first-order chi connectivity index (χ1) is 9.56. The summed E-state index contributed by atoms with van der Waals surface area (Å²) in [5, 5.41) is 11.2. The maximum absolute atomic E-state index is 11.6. The first-order valence-electron chi connectivity index (χ1n) is 5.79. The Labute approximate surface area is 121 Å². The van der Waals surface area contributed by atoms with Crippen LogP contribution in [0, 0.1) is 12.3 Å². The fourth-order valence-electron chi connectivity index (χ4n) is 1.37. The third kappa shape index (κ3) is 5.24. The van der Waals surface area contributed by atoms with Gasteiger partial charge in [0, 0.05) is 11.3 Å². The average Bonchev–Trinajstić information content (AvgIpc) is 2.45. The number of ether oxygens (including phenoxy) is 1. The molecule has 0 saturated heterocycles. The van der Waals surface area contributed by atoms with Crippen molar-refractivity contribution in [3.8, 4) is 18.1 Å². The van der Waals surface area contributed by atoms with E-state index < -0.39 is 12.0 Å². The quantitative estimate of drug-likeness (QED) is 0.587. The van der Waals surface area contributed by atoms with Crippen LogP contribution in [0.2, 0.25) is 0 Å². The third-order valence-electron chi connectivity index (χ3n) is 2.38. The summed E-state index contributed by atoms with van der Waals surface area (Å²) < 4.78 is 5.03. The second-order valence-electron chi connectivity index (χ2n) is 3.83. The fraction of sp³-hybridized carbons (Fsp3) is 0.286. The average molecular weight is 293 g/mol. The first kappa shape index (κ1) is 15.9. The lowest BCUT2D eigenvalue weighted by molar-refractivity contribution is -0.141. The van der Waals surface area contributed by atoms with Crippen LogP contribution in [-0.2, 0) is 9.59 Å². The van der Waals surface area contributed by atoms with Crippen molar-refractivity contribution in [2.75, 3.05) is 12.9 Å². The standard InChI is InChI=1S/C14H15NO4S/c1-3-4-12(14(17)18)15-13(16)9-20-11-7-5-10(19-2)6-8-11/h1,5-8,12H,4,9H2,2H3,(H,15,16)(H,17,18). The molecule has 6 heteroatoms. The van der Waals surface area contributed by atoms with Crippen molar-refractivity contribution >= 4 is 23.6 Å². The molecule has 0 bridgehead atoms. The number of carbonyl (C=O) groups excluding carboxylic acids is 1. The Kier molecular flexibility index (Phi) is 6.47. The van der Waals surface area contributed by atoms with Gasteiger partial charge in [0.05, 0.1) is 12.9 Å². The number of terminal acetylenes is 1. The summed E-state index contributed by atoms with van der Waals surface area (Å²) in [6, 6.07) is 6.20. The lowest BCUT2D eigenvalue weighted by Crippen LogP contribution is -2.41. The number of carboxylic acid groups (broad SMARTS) is 1. The molecule has 1 aromatic rings. The van der Waals surface area contributed by atoms with Crippen molar-refractivity contribution in [2.45, 2.75) is 17.4 Å². The van der Waals surface area contributed by atoms with E-state index in [1.54, 1.807) is 19.2 Å². The highest BCUT2D eigenvalue weighted by atomic mass is 32.2. The second-order valence-corrected chi connectivity index (χ2v) is 4.88. The molecule has 1 rings (SSSR count). The first-order valence-corrected chi connectivity index (χ1v) is 6.78. The number of nitrogens with one attached hydrogen (secondary N) is 1. The molecule has 0 fully saturated rings. The molecule has 0 aliphatic carbocycles. The van der Waals surface area contributed by atoms with Crippen LogP contribution in [0.15, 0.2) is 29.2 Å². The minimum atomic E-state index is -1.13. The van der Waals surface area contributed by atoms with Crippen molar-refractivity contribution in [3.63, 3.8) is 0 Å². The number of hydrogen-bond donors (Lipinski definition) is 2. The Morgan fingerprint density at radius 2 is 2.10 bits per heavy atom. The van der Waals surface area contributed by atoms with E-state index in [9.17, 15) is 9.59 Å². The van der Waals surface area contributed by atoms with Gasteiger partial charge in [-0.15, -0.1) is 24.1 Å². The van der Waals surface area contributed by atoms with E-state index >= 15 is 0 Å². The summed E-state index contributed by atoms with van der Waals surface area (Å²) in [6.07, 6.45) is 5.02. The Bertz CT molecular complexity index is 507. The van der Waals surface area contributed by atoms with E-state index in [0.29, 0.717) is 0 Å². The van der Waals surface area contributed by atoms with E-state index in [-0.39, 0.29) is 18.1 Å². The number of rotatable bonds is 7. The van der Waals surface area contributed by atoms with Gasteiger partial charge < -0.3 is 15.2 Å². The van der Waals surface area contributed by atoms with Crippen LogP contribution < -0.4 is 10.1 Å². The number of benzene rings is 1. The van der Waals surface area contributed by atoms with Crippen molar-refractivity contribution in [2.24, 2.45) is 0 Å². The summed E-state index contributed by atoms with van der Waals surface area (Å²) in [4.78, 5) is 23.4. The van der Waals surface area contributed by atoms with Gasteiger partial charge in [-0.2, -0.15) is 0 Å². The van der Waals surface area contributed by atoms with Crippen LogP contribution in [-0.4, -0.2) is 35.9 Å². The molecule has 1 amide bonds. The van der Waals surface area contributed by atoms with E-state index in [1.165, 1.54) is 11.8 Å². The number of methoxy groups -OCH3 is 1. The maximum Gasteiger partial charge on any atom is 0.327 e. The predicted molar refractivity (Wildman–Crippen MR) is 76.7 cm³/mol. The number of hydrogen-bond acceptors (Lipinski definition) is 4. The molecule has 0 aromatic heterocycles. The van der Waals surface area contributed by atoms with Gasteiger partial charge in [-0.05, 0) is 24.3 Å². The molecule has 1 aromatic carbocycles. The summed E-state index contributed by atoms with van der Waals surface area (Å²) in [7, 11) is 1.58. The third-order valence-corrected chi connectivity index (χ3v) is 3.40. The monoisotopic (exact) mass is 293 g/mol. The lowest BCUT2D eigenvalue weighted by atomic mass is 10.2. The van der Waals surface area contributed by atoms with Gasteiger partial charge in [0.25, 0.3) is 0 Å². The Hall–Kier alpha value is -2.13. The van der Waals surface area contributed by atoms with Gasteiger partial charge in [-0.3, -0.25) is 4.79 Å². The molecule has 0 radical (unpaired) electrons. The normalized spacial score (nSPS) is 11.2. The molecule has 106 valence electrons. The van der Waals surface area contributed by atoms with Crippen LogP contribution in [0.5, 0.6) is 5.75 Å². The molecule has 0 spiro atoms. The minimum absolute atomic E-state index is 0.0335. The molecular weight excluding hydrogens is 278 g/mol. The second kappa shape index (κ2) is 8.12. The largest absolute Gasteiger partial charge is 0.497 e. The van der Waals surface area contributed by atoms with Crippen LogP contribution in [0.25, 0.3) is 0 Å². The molecule has 2 N–H and O–H groups in total. The SMILES string of the molecule is C#CCC(NC(=O)CSc1ccc(OC)cc1)C(=O)O. The van der Waals surface area contributed by atoms with Crippen molar-refractivity contribution in [1.82, 2.24) is 5.32 Å². The maximum atomic E-state index is 11.6. The number of aliphatic carboxylic acids is 1. The number of thioether (sulfide) groups is 1. The minimum Gasteiger partial charge on any atom is -0.497 e. The van der Waals surface area contributed by atoms with Crippen LogP contribution in [0.1, 0.15) is 6.42 Å². The van der Waals surface area contributed by atoms with Gasteiger partial charge in [0.1, 0.15) is 11.8 Å². The molecule has 0 heterocycles. The molecule has 1 unspecified atom stereocenters. The van der Waals surface area contributed by atoms with Crippen molar-refractivity contribution in [1.29, 1.82) is 0 Å². The van der Waals surface area contributed by atoms with Crippen molar-refractivity contribution in [3.05, 3.63) is 24.3 Å². The predicted octanol–water partition coefficient (Wildman–Crippen LogP) is 1.38.